The largest absolute Gasteiger partial charge is 0.345 e. The Morgan fingerprint density at radius 3 is 2.62 bits per heavy atom. The SMILES string of the molecule is CN(C)C(=O)c1ccc2c(c1)N(c1ccccc1)CCS2. The van der Waals surface area contributed by atoms with Crippen molar-refractivity contribution in [2.24, 2.45) is 0 Å². The predicted molar refractivity (Wildman–Crippen MR) is 88.6 cm³/mol. The van der Waals surface area contributed by atoms with Crippen LogP contribution in [0.4, 0.5) is 11.4 Å². The highest BCUT2D eigenvalue weighted by atomic mass is 32.2. The second kappa shape index (κ2) is 5.82. The zero-order valence-corrected chi connectivity index (χ0v) is 13.1. The zero-order valence-electron chi connectivity index (χ0n) is 12.2. The molecule has 2 aromatic rings. The number of hydrogen-bond acceptors (Lipinski definition) is 3. The normalized spacial score (nSPS) is 13.7. The van der Waals surface area contributed by atoms with Crippen LogP contribution in [0.2, 0.25) is 0 Å². The molecule has 3 rings (SSSR count). The summed E-state index contributed by atoms with van der Waals surface area (Å²) in [6.45, 7) is 0.960. The summed E-state index contributed by atoms with van der Waals surface area (Å²) in [5.41, 5.74) is 3.04. The standard InChI is InChI=1S/C17H18N2OS/c1-18(2)17(20)13-8-9-16-15(12-13)19(10-11-21-16)14-6-4-3-5-7-14/h3-9,12H,10-11H2,1-2H3. The fourth-order valence-electron chi connectivity index (χ4n) is 2.49. The molecule has 0 saturated carbocycles. The van der Waals surface area contributed by atoms with Crippen molar-refractivity contribution in [3.05, 3.63) is 54.1 Å². The van der Waals surface area contributed by atoms with Crippen LogP contribution in [0, 0.1) is 0 Å². The summed E-state index contributed by atoms with van der Waals surface area (Å²) in [7, 11) is 3.57. The number of rotatable bonds is 2. The van der Waals surface area contributed by atoms with Gasteiger partial charge in [0.25, 0.3) is 5.91 Å². The number of carbonyl (C=O) groups is 1. The van der Waals surface area contributed by atoms with E-state index in [1.165, 1.54) is 10.6 Å². The minimum atomic E-state index is 0.0429. The van der Waals surface area contributed by atoms with Crippen molar-refractivity contribution < 1.29 is 4.79 Å². The molecule has 0 saturated heterocycles. The lowest BCUT2D eigenvalue weighted by Gasteiger charge is -2.31. The molecule has 0 atom stereocenters. The highest BCUT2D eigenvalue weighted by Gasteiger charge is 2.20. The number of anilines is 2. The quantitative estimate of drug-likeness (QED) is 0.846. The van der Waals surface area contributed by atoms with Gasteiger partial charge in [-0.25, -0.2) is 0 Å². The van der Waals surface area contributed by atoms with E-state index in [1.807, 2.05) is 42.1 Å². The van der Waals surface area contributed by atoms with Gasteiger partial charge in [-0.15, -0.1) is 11.8 Å². The molecule has 0 spiro atoms. The summed E-state index contributed by atoms with van der Waals surface area (Å²) in [5.74, 6) is 1.10. The molecule has 4 heteroatoms. The lowest BCUT2D eigenvalue weighted by molar-refractivity contribution is 0.0827. The monoisotopic (exact) mass is 298 g/mol. The van der Waals surface area contributed by atoms with Gasteiger partial charge in [0.2, 0.25) is 0 Å². The number of hydrogen-bond donors (Lipinski definition) is 0. The topological polar surface area (TPSA) is 23.6 Å². The Morgan fingerprint density at radius 1 is 1.14 bits per heavy atom. The number of thioether (sulfide) groups is 1. The Hall–Kier alpha value is -1.94. The van der Waals surface area contributed by atoms with E-state index in [0.717, 1.165) is 23.5 Å². The third-order valence-electron chi connectivity index (χ3n) is 3.54. The van der Waals surface area contributed by atoms with Crippen LogP contribution in [0.15, 0.2) is 53.4 Å². The van der Waals surface area contributed by atoms with Gasteiger partial charge in [-0.3, -0.25) is 4.79 Å². The Kier molecular flexibility index (Phi) is 3.88. The van der Waals surface area contributed by atoms with Gasteiger partial charge in [-0.05, 0) is 30.3 Å². The molecular weight excluding hydrogens is 280 g/mol. The van der Waals surface area contributed by atoms with Crippen LogP contribution in [-0.4, -0.2) is 37.2 Å². The average Bonchev–Trinajstić information content (AvgIpc) is 2.53. The lowest BCUT2D eigenvalue weighted by atomic mass is 10.1. The van der Waals surface area contributed by atoms with Crippen LogP contribution >= 0.6 is 11.8 Å². The third kappa shape index (κ3) is 2.76. The number of para-hydroxylation sites is 1. The number of benzene rings is 2. The van der Waals surface area contributed by atoms with E-state index >= 15 is 0 Å². The van der Waals surface area contributed by atoms with Crippen molar-refractivity contribution in [3.63, 3.8) is 0 Å². The first kappa shape index (κ1) is 14.0. The van der Waals surface area contributed by atoms with Gasteiger partial charge in [0.15, 0.2) is 0 Å². The van der Waals surface area contributed by atoms with Gasteiger partial charge in [-0.2, -0.15) is 0 Å². The molecule has 21 heavy (non-hydrogen) atoms. The van der Waals surface area contributed by atoms with E-state index in [0.29, 0.717) is 0 Å². The first-order chi connectivity index (χ1) is 10.2. The van der Waals surface area contributed by atoms with Crippen molar-refractivity contribution >= 4 is 29.0 Å². The van der Waals surface area contributed by atoms with Gasteiger partial charge >= 0.3 is 0 Å². The maximum atomic E-state index is 12.2. The molecule has 0 unspecified atom stereocenters. The molecule has 0 N–H and O–H groups in total. The van der Waals surface area contributed by atoms with Gasteiger partial charge in [0.05, 0.1) is 5.69 Å². The van der Waals surface area contributed by atoms with E-state index in [-0.39, 0.29) is 5.91 Å². The molecule has 108 valence electrons. The summed E-state index contributed by atoms with van der Waals surface area (Å²) in [4.78, 5) is 17.3. The number of nitrogens with zero attached hydrogens (tertiary/aromatic N) is 2. The lowest BCUT2D eigenvalue weighted by Crippen LogP contribution is -2.26. The smallest absolute Gasteiger partial charge is 0.253 e. The second-order valence-electron chi connectivity index (χ2n) is 5.22. The van der Waals surface area contributed by atoms with E-state index in [9.17, 15) is 4.79 Å². The summed E-state index contributed by atoms with van der Waals surface area (Å²) in [6, 6.07) is 16.3. The third-order valence-corrected chi connectivity index (χ3v) is 4.59. The van der Waals surface area contributed by atoms with Gasteiger partial charge in [0, 0.05) is 42.5 Å². The number of carbonyl (C=O) groups excluding carboxylic acids is 1. The van der Waals surface area contributed by atoms with Crippen LogP contribution in [0.3, 0.4) is 0 Å². The molecule has 0 aromatic heterocycles. The maximum Gasteiger partial charge on any atom is 0.253 e. The Labute approximate surface area is 129 Å². The van der Waals surface area contributed by atoms with Crippen LogP contribution in [0.25, 0.3) is 0 Å². The summed E-state index contributed by atoms with van der Waals surface area (Å²) in [6.07, 6.45) is 0. The first-order valence-electron chi connectivity index (χ1n) is 6.98. The zero-order chi connectivity index (χ0) is 14.8. The van der Waals surface area contributed by atoms with Crippen LogP contribution < -0.4 is 4.90 Å². The average molecular weight is 298 g/mol. The molecule has 2 aromatic carbocycles. The fourth-order valence-corrected chi connectivity index (χ4v) is 3.46. The minimum Gasteiger partial charge on any atom is -0.345 e. The molecule has 1 amide bonds. The fraction of sp³-hybridized carbons (Fsp3) is 0.235. The Morgan fingerprint density at radius 2 is 1.90 bits per heavy atom. The second-order valence-corrected chi connectivity index (χ2v) is 6.35. The van der Waals surface area contributed by atoms with E-state index < -0.39 is 0 Å². The molecule has 1 aliphatic rings. The maximum absolute atomic E-state index is 12.2. The van der Waals surface area contributed by atoms with Crippen molar-refractivity contribution in [2.75, 3.05) is 31.3 Å². The van der Waals surface area contributed by atoms with Crippen molar-refractivity contribution in [3.8, 4) is 0 Å². The van der Waals surface area contributed by atoms with Crippen LogP contribution in [-0.2, 0) is 0 Å². The van der Waals surface area contributed by atoms with Gasteiger partial charge in [0.1, 0.15) is 0 Å². The molecule has 1 aliphatic heterocycles. The molecule has 0 bridgehead atoms. The minimum absolute atomic E-state index is 0.0429. The van der Waals surface area contributed by atoms with Gasteiger partial charge in [-0.1, -0.05) is 18.2 Å². The first-order valence-corrected chi connectivity index (χ1v) is 7.96. The summed E-state index contributed by atoms with van der Waals surface area (Å²) >= 11 is 1.85. The van der Waals surface area contributed by atoms with Crippen molar-refractivity contribution in [1.82, 2.24) is 4.90 Å². The Balaban J connectivity index is 2.03. The van der Waals surface area contributed by atoms with E-state index in [2.05, 4.69) is 23.1 Å². The van der Waals surface area contributed by atoms with Crippen LogP contribution in [0.1, 0.15) is 10.4 Å². The molecule has 0 radical (unpaired) electrons. The van der Waals surface area contributed by atoms with Crippen molar-refractivity contribution in [2.45, 2.75) is 4.90 Å². The molecule has 1 heterocycles. The highest BCUT2D eigenvalue weighted by molar-refractivity contribution is 7.99. The van der Waals surface area contributed by atoms with E-state index in [1.54, 1.807) is 19.0 Å². The molecule has 3 nitrogen and oxygen atoms in total. The summed E-state index contributed by atoms with van der Waals surface area (Å²) < 4.78 is 0. The molecule has 0 fully saturated rings. The molecular formula is C17H18N2OS. The highest BCUT2D eigenvalue weighted by Crippen LogP contribution is 2.39. The van der Waals surface area contributed by atoms with Crippen molar-refractivity contribution in [1.29, 1.82) is 0 Å². The van der Waals surface area contributed by atoms with Crippen LogP contribution in [0.5, 0.6) is 0 Å². The van der Waals surface area contributed by atoms with Gasteiger partial charge < -0.3 is 9.80 Å². The number of fused-ring (bicyclic) bond motifs is 1. The molecule has 0 aliphatic carbocycles. The number of amides is 1. The Bertz CT molecular complexity index is 655. The van der Waals surface area contributed by atoms with E-state index in [4.69, 9.17) is 0 Å². The predicted octanol–water partition coefficient (Wildman–Crippen LogP) is 3.63. The summed E-state index contributed by atoms with van der Waals surface area (Å²) in [5, 5.41) is 0.